The van der Waals surface area contributed by atoms with E-state index in [0.29, 0.717) is 44.7 Å². The number of aromatic nitrogens is 2. The Bertz CT molecular complexity index is 986. The van der Waals surface area contributed by atoms with Gasteiger partial charge >= 0.3 is 25.4 Å². The predicted octanol–water partition coefficient (Wildman–Crippen LogP) is -0.948. The number of hydrogen-bond donors (Lipinski definition) is 5. The summed E-state index contributed by atoms with van der Waals surface area (Å²) in [4.78, 5) is 55.8. The van der Waals surface area contributed by atoms with E-state index in [-0.39, 0.29) is 25.0 Å². The molecule has 0 radical (unpaired) electrons. The van der Waals surface area contributed by atoms with Gasteiger partial charge in [0.25, 0.3) is 5.56 Å². The zero-order chi connectivity index (χ0) is 27.3. The Morgan fingerprint density at radius 1 is 1.22 bits per heavy atom. The van der Waals surface area contributed by atoms with Crippen LogP contribution in [0.1, 0.15) is 44.9 Å². The van der Waals surface area contributed by atoms with E-state index in [9.17, 15) is 28.8 Å². The summed E-state index contributed by atoms with van der Waals surface area (Å²) in [5.74, 6) is -0.442. The second-order valence-corrected chi connectivity index (χ2v) is 9.02. The minimum atomic E-state index is -4.17. The first-order valence-corrected chi connectivity index (χ1v) is 13.0. The molecular weight excluding hydrogens is 503 g/mol. The molecule has 206 valence electrons. The average Bonchev–Trinajstić information content (AvgIpc) is 3.15. The zero-order valence-corrected chi connectivity index (χ0v) is 21.4. The van der Waals surface area contributed by atoms with Crippen molar-refractivity contribution in [3.8, 4) is 0 Å². The number of aliphatic hydroxyl groups is 1. The lowest BCUT2D eigenvalue weighted by molar-refractivity contribution is -0.143. The van der Waals surface area contributed by atoms with Crippen molar-refractivity contribution in [2.75, 3.05) is 32.9 Å². The Balaban J connectivity index is 0.000000384. The molecule has 0 bridgehead atoms. The van der Waals surface area contributed by atoms with Gasteiger partial charge < -0.3 is 29.5 Å². The van der Waals surface area contributed by atoms with Crippen LogP contribution >= 0.6 is 7.75 Å². The number of carbonyl (C=O) groups is 2. The Morgan fingerprint density at radius 3 is 2.28 bits per heavy atom. The van der Waals surface area contributed by atoms with Gasteiger partial charge in [-0.1, -0.05) is 0 Å². The number of H-pyrrole nitrogens is 1. The molecule has 6 N–H and O–H groups in total. The summed E-state index contributed by atoms with van der Waals surface area (Å²) in [5, 5.41) is 12.8. The van der Waals surface area contributed by atoms with Crippen LogP contribution in [0.4, 0.5) is 0 Å². The van der Waals surface area contributed by atoms with Crippen molar-refractivity contribution in [1.82, 2.24) is 14.9 Å². The van der Waals surface area contributed by atoms with Crippen LogP contribution in [0.15, 0.2) is 15.8 Å². The maximum atomic E-state index is 11.7. The largest absolute Gasteiger partial charge is 0.466 e. The summed E-state index contributed by atoms with van der Waals surface area (Å²) in [6.45, 7) is 6.54. The van der Waals surface area contributed by atoms with E-state index in [1.807, 2.05) is 0 Å². The van der Waals surface area contributed by atoms with Gasteiger partial charge in [0.2, 0.25) is 0 Å². The third-order valence-corrected chi connectivity index (χ3v) is 5.23. The fourth-order valence-corrected chi connectivity index (χ4v) is 3.35. The van der Waals surface area contributed by atoms with Gasteiger partial charge in [-0.15, -0.1) is 0 Å². The molecule has 1 unspecified atom stereocenters. The molecule has 1 aromatic rings. The molecule has 2 rings (SSSR count). The number of nitrogens with two attached hydrogens (primary N) is 1. The van der Waals surface area contributed by atoms with Gasteiger partial charge in [-0.2, -0.15) is 0 Å². The van der Waals surface area contributed by atoms with Crippen LogP contribution in [0.5, 0.6) is 0 Å². The summed E-state index contributed by atoms with van der Waals surface area (Å²) in [6.07, 6.45) is -0.666. The van der Waals surface area contributed by atoms with E-state index in [1.165, 1.54) is 13.1 Å². The second-order valence-electron chi connectivity index (χ2n) is 7.63. The Kier molecular flexibility index (Phi) is 13.8. The normalized spacial score (nSPS) is 20.7. The van der Waals surface area contributed by atoms with Crippen molar-refractivity contribution >= 4 is 19.7 Å². The number of nitrogens with one attached hydrogen (secondary N) is 2. The number of aromatic amines is 1. The predicted molar refractivity (Wildman–Crippen MR) is 126 cm³/mol. The van der Waals surface area contributed by atoms with Gasteiger partial charge in [-0.25, -0.2) is 14.9 Å². The first-order chi connectivity index (χ1) is 16.9. The number of ether oxygens (including phenoxy) is 3. The van der Waals surface area contributed by atoms with Crippen LogP contribution in [-0.2, 0) is 32.9 Å². The number of nitrogens with zero attached hydrogens (tertiary/aromatic N) is 1. The average molecular weight is 538 g/mol. The molecular formula is C20H35N4O11P. The lowest BCUT2D eigenvalue weighted by atomic mass is 10.2. The van der Waals surface area contributed by atoms with E-state index >= 15 is 0 Å². The topological polar surface area (TPSA) is 221 Å². The highest BCUT2D eigenvalue weighted by Crippen LogP contribution is 2.34. The summed E-state index contributed by atoms with van der Waals surface area (Å²) in [5.41, 5.74) is 3.97. The van der Waals surface area contributed by atoms with Crippen LogP contribution in [0.3, 0.4) is 0 Å². The van der Waals surface area contributed by atoms with E-state index in [4.69, 9.17) is 24.6 Å². The summed E-state index contributed by atoms with van der Waals surface area (Å²) >= 11 is 0. The van der Waals surface area contributed by atoms with E-state index < -0.39 is 37.4 Å². The molecule has 16 heteroatoms. The van der Waals surface area contributed by atoms with Crippen LogP contribution in [0, 0.1) is 6.92 Å². The van der Waals surface area contributed by atoms with Crippen molar-refractivity contribution in [2.45, 2.75) is 58.5 Å². The van der Waals surface area contributed by atoms with Crippen LogP contribution in [0.25, 0.3) is 0 Å². The Labute approximate surface area is 207 Å². The number of esters is 2. The fraction of sp³-hybridized carbons (Fsp3) is 0.700. The quantitative estimate of drug-likeness (QED) is 0.123. The van der Waals surface area contributed by atoms with E-state index in [2.05, 4.69) is 14.8 Å². The molecule has 1 aromatic heterocycles. The molecule has 1 saturated heterocycles. The first kappa shape index (κ1) is 31.6. The SMILES string of the molecule is CCOC(=O)CCNCCC(=O)OCC.Cc1cn([C@H]2C[C@H](O)[C@@H](COP(N)(=O)O)O2)c(=O)[nH]c1=O. The number of aliphatic hydroxyl groups excluding tert-OH is 1. The highest BCUT2D eigenvalue weighted by molar-refractivity contribution is 7.50. The summed E-state index contributed by atoms with van der Waals surface area (Å²) in [6, 6.07) is 0. The van der Waals surface area contributed by atoms with Crippen LogP contribution in [0.2, 0.25) is 0 Å². The first-order valence-electron chi connectivity index (χ1n) is 11.3. The molecule has 1 aliphatic heterocycles. The van der Waals surface area contributed by atoms with Gasteiger partial charge in [0, 0.05) is 31.3 Å². The van der Waals surface area contributed by atoms with Gasteiger partial charge in [0.1, 0.15) is 12.3 Å². The van der Waals surface area contributed by atoms with E-state index in [0.717, 1.165) is 4.57 Å². The molecule has 0 spiro atoms. The molecule has 0 aliphatic carbocycles. The smallest absolute Gasteiger partial charge is 0.400 e. The van der Waals surface area contributed by atoms with Crippen molar-refractivity contribution in [3.63, 3.8) is 0 Å². The fourth-order valence-electron chi connectivity index (χ4n) is 2.99. The molecule has 1 aliphatic rings. The highest BCUT2D eigenvalue weighted by atomic mass is 31.2. The molecule has 15 nitrogen and oxygen atoms in total. The maximum Gasteiger partial charge on any atom is 0.400 e. The number of hydrogen-bond acceptors (Lipinski definition) is 11. The van der Waals surface area contributed by atoms with Crippen molar-refractivity contribution in [1.29, 1.82) is 0 Å². The van der Waals surface area contributed by atoms with Crippen LogP contribution < -0.4 is 22.1 Å². The molecule has 4 atom stereocenters. The molecule has 2 heterocycles. The maximum absolute atomic E-state index is 11.7. The van der Waals surface area contributed by atoms with Gasteiger partial charge in [-0.05, 0) is 20.8 Å². The monoisotopic (exact) mass is 538 g/mol. The highest BCUT2D eigenvalue weighted by Gasteiger charge is 2.36. The summed E-state index contributed by atoms with van der Waals surface area (Å²) < 4.78 is 31.4. The number of rotatable bonds is 12. The third-order valence-electron chi connectivity index (χ3n) is 4.71. The number of carbonyl (C=O) groups excluding carboxylic acids is 2. The van der Waals surface area contributed by atoms with Gasteiger partial charge in [0.05, 0.1) is 38.8 Å². The molecule has 0 aromatic carbocycles. The van der Waals surface area contributed by atoms with Crippen molar-refractivity contribution < 1.29 is 42.9 Å². The molecule has 0 saturated carbocycles. The Hall–Kier alpha value is -2.39. The number of aryl methyl sites for hydroxylation is 1. The van der Waals surface area contributed by atoms with Gasteiger partial charge in [-0.3, -0.25) is 28.5 Å². The van der Waals surface area contributed by atoms with Crippen molar-refractivity contribution in [3.05, 3.63) is 32.6 Å². The Morgan fingerprint density at radius 2 is 1.78 bits per heavy atom. The second kappa shape index (κ2) is 15.7. The van der Waals surface area contributed by atoms with Crippen molar-refractivity contribution in [2.24, 2.45) is 5.50 Å². The third kappa shape index (κ3) is 12.0. The van der Waals surface area contributed by atoms with Gasteiger partial charge in [0.15, 0.2) is 0 Å². The minimum Gasteiger partial charge on any atom is -0.466 e. The lowest BCUT2D eigenvalue weighted by Gasteiger charge is -2.16. The lowest BCUT2D eigenvalue weighted by Crippen LogP contribution is -2.33. The molecule has 0 amide bonds. The van der Waals surface area contributed by atoms with Crippen LogP contribution in [-0.4, -0.2) is 76.6 Å². The van der Waals surface area contributed by atoms with E-state index in [1.54, 1.807) is 13.8 Å². The molecule has 1 fully saturated rings. The standard InChI is InChI=1S/C10H16N3O7P.C10H19NO4/c1-5-3-13(10(16)12-9(5)15)8-2-6(14)7(20-8)4-19-21(11,17)18;1-3-14-9(12)5-7-11-8-6-10(13)15-4-2/h3,6-8,14H,2,4H2,1H3,(H3,11,17,18)(H,12,15,16);11H,3-8H2,1-2H3/t6-,7+,8+;/m0./s1. The minimum absolute atomic E-state index is 0.0692. The zero-order valence-electron chi connectivity index (χ0n) is 20.5. The molecule has 36 heavy (non-hydrogen) atoms. The summed E-state index contributed by atoms with van der Waals surface area (Å²) in [7, 11) is -4.17.